The predicted molar refractivity (Wildman–Crippen MR) is 97.0 cm³/mol. The van der Waals surface area contributed by atoms with E-state index in [4.69, 9.17) is 0 Å². The molecule has 2 atom stereocenters. The van der Waals surface area contributed by atoms with E-state index in [0.717, 1.165) is 19.3 Å². The molecule has 4 heteroatoms. The van der Waals surface area contributed by atoms with Crippen LogP contribution in [0, 0.1) is 5.92 Å². The van der Waals surface area contributed by atoms with Gasteiger partial charge in [0.25, 0.3) is 0 Å². The lowest BCUT2D eigenvalue weighted by molar-refractivity contribution is 0.112. The van der Waals surface area contributed by atoms with E-state index in [1.54, 1.807) is 11.9 Å². The SMILES string of the molecule is CC(Cc1ccc2ccccc2c1)NC(=O)N(C)CC(O)C1CC1. The lowest BCUT2D eigenvalue weighted by Crippen LogP contribution is -2.45. The summed E-state index contributed by atoms with van der Waals surface area (Å²) >= 11 is 0. The number of aliphatic hydroxyl groups is 1. The Labute approximate surface area is 143 Å². The Morgan fingerprint density at radius 1 is 1.25 bits per heavy atom. The van der Waals surface area contributed by atoms with Crippen LogP contribution in [0.1, 0.15) is 25.3 Å². The van der Waals surface area contributed by atoms with Crippen LogP contribution in [0.25, 0.3) is 10.8 Å². The molecule has 2 aromatic rings. The average Bonchev–Trinajstić information content (AvgIpc) is 3.39. The molecule has 0 heterocycles. The van der Waals surface area contributed by atoms with Gasteiger partial charge in [0.15, 0.2) is 0 Å². The molecular formula is C20H26N2O2. The standard InChI is InChI=1S/C20H26N2O2/c1-14(21-20(24)22(2)13-19(23)17-9-10-17)11-15-7-8-16-5-3-4-6-18(16)12-15/h3-8,12,14,17,19,23H,9-11,13H2,1-2H3,(H,21,24). The Morgan fingerprint density at radius 3 is 2.67 bits per heavy atom. The van der Waals surface area contributed by atoms with Gasteiger partial charge in [-0.2, -0.15) is 0 Å². The van der Waals surface area contributed by atoms with Gasteiger partial charge < -0.3 is 15.3 Å². The van der Waals surface area contributed by atoms with Crippen molar-refractivity contribution in [2.75, 3.05) is 13.6 Å². The van der Waals surface area contributed by atoms with Gasteiger partial charge in [0.05, 0.1) is 6.10 Å². The molecule has 0 bridgehead atoms. The van der Waals surface area contributed by atoms with Gasteiger partial charge in [0.2, 0.25) is 0 Å². The Hall–Kier alpha value is -2.07. The molecule has 24 heavy (non-hydrogen) atoms. The van der Waals surface area contributed by atoms with Gasteiger partial charge in [0.1, 0.15) is 0 Å². The van der Waals surface area contributed by atoms with Crippen LogP contribution in [-0.2, 0) is 6.42 Å². The van der Waals surface area contributed by atoms with Crippen LogP contribution in [0.15, 0.2) is 42.5 Å². The van der Waals surface area contributed by atoms with Crippen LogP contribution < -0.4 is 5.32 Å². The van der Waals surface area contributed by atoms with Crippen molar-refractivity contribution in [1.82, 2.24) is 10.2 Å². The van der Waals surface area contributed by atoms with E-state index in [9.17, 15) is 9.90 Å². The molecule has 1 aliphatic rings. The molecule has 2 aromatic carbocycles. The van der Waals surface area contributed by atoms with E-state index in [1.165, 1.54) is 16.3 Å². The number of nitrogens with one attached hydrogen (secondary N) is 1. The number of hydrogen-bond donors (Lipinski definition) is 2. The molecule has 0 radical (unpaired) electrons. The average molecular weight is 326 g/mol. The van der Waals surface area contributed by atoms with Crippen molar-refractivity contribution < 1.29 is 9.90 Å². The second kappa shape index (κ2) is 7.22. The summed E-state index contributed by atoms with van der Waals surface area (Å²) in [4.78, 5) is 13.8. The van der Waals surface area contributed by atoms with Gasteiger partial charge in [0, 0.05) is 19.6 Å². The monoisotopic (exact) mass is 326 g/mol. The summed E-state index contributed by atoms with van der Waals surface area (Å²) in [5.74, 6) is 0.385. The molecule has 1 aliphatic carbocycles. The van der Waals surface area contributed by atoms with Gasteiger partial charge in [-0.25, -0.2) is 4.79 Å². The molecule has 3 rings (SSSR count). The topological polar surface area (TPSA) is 52.6 Å². The maximum Gasteiger partial charge on any atom is 0.317 e. The summed E-state index contributed by atoms with van der Waals surface area (Å²) in [6, 6.07) is 14.6. The first-order valence-electron chi connectivity index (χ1n) is 8.70. The number of urea groups is 1. The third kappa shape index (κ3) is 4.26. The number of likely N-dealkylation sites (N-methyl/N-ethyl adjacent to an activating group) is 1. The van der Waals surface area contributed by atoms with Crippen LogP contribution in [0.4, 0.5) is 4.79 Å². The molecule has 1 fully saturated rings. The highest BCUT2D eigenvalue weighted by atomic mass is 16.3. The van der Waals surface area contributed by atoms with E-state index in [-0.39, 0.29) is 12.1 Å². The van der Waals surface area contributed by atoms with E-state index >= 15 is 0 Å². The summed E-state index contributed by atoms with van der Waals surface area (Å²) in [7, 11) is 1.74. The van der Waals surface area contributed by atoms with Gasteiger partial charge in [-0.3, -0.25) is 0 Å². The van der Waals surface area contributed by atoms with E-state index in [0.29, 0.717) is 12.5 Å². The highest BCUT2D eigenvalue weighted by Crippen LogP contribution is 2.32. The molecular weight excluding hydrogens is 300 g/mol. The van der Waals surface area contributed by atoms with E-state index < -0.39 is 6.10 Å². The minimum atomic E-state index is -0.392. The third-order valence-electron chi connectivity index (χ3n) is 4.70. The largest absolute Gasteiger partial charge is 0.391 e. The molecule has 0 spiro atoms. The number of fused-ring (bicyclic) bond motifs is 1. The zero-order valence-corrected chi connectivity index (χ0v) is 14.4. The second-order valence-electron chi connectivity index (χ2n) is 7.02. The summed E-state index contributed by atoms with van der Waals surface area (Å²) < 4.78 is 0. The Kier molecular flexibility index (Phi) is 5.05. The van der Waals surface area contributed by atoms with Crippen LogP contribution in [-0.4, -0.2) is 41.8 Å². The first-order chi connectivity index (χ1) is 11.5. The summed E-state index contributed by atoms with van der Waals surface area (Å²) in [5, 5.41) is 15.4. The van der Waals surface area contributed by atoms with Gasteiger partial charge >= 0.3 is 6.03 Å². The molecule has 4 nitrogen and oxygen atoms in total. The first kappa shape index (κ1) is 16.8. The second-order valence-corrected chi connectivity index (χ2v) is 7.02. The van der Waals surface area contributed by atoms with Crippen LogP contribution in [0.2, 0.25) is 0 Å². The van der Waals surface area contributed by atoms with E-state index in [1.807, 2.05) is 19.1 Å². The Morgan fingerprint density at radius 2 is 1.96 bits per heavy atom. The summed E-state index contributed by atoms with van der Waals surface area (Å²) in [5.41, 5.74) is 1.21. The number of aliphatic hydroxyl groups excluding tert-OH is 1. The predicted octanol–water partition coefficient (Wildman–Crippen LogP) is 3.18. The van der Waals surface area contributed by atoms with Crippen LogP contribution >= 0.6 is 0 Å². The fourth-order valence-electron chi connectivity index (χ4n) is 3.08. The number of benzene rings is 2. The number of hydrogen-bond acceptors (Lipinski definition) is 2. The molecule has 0 aromatic heterocycles. The molecule has 2 unspecified atom stereocenters. The highest BCUT2D eigenvalue weighted by Gasteiger charge is 2.31. The van der Waals surface area contributed by atoms with Gasteiger partial charge in [-0.1, -0.05) is 42.5 Å². The molecule has 2 N–H and O–H groups in total. The van der Waals surface area contributed by atoms with Crippen molar-refractivity contribution in [2.45, 2.75) is 38.3 Å². The lowest BCUT2D eigenvalue weighted by atomic mass is 10.0. The number of nitrogens with zero attached hydrogens (tertiary/aromatic N) is 1. The summed E-state index contributed by atoms with van der Waals surface area (Å²) in [6.45, 7) is 2.41. The molecule has 0 aliphatic heterocycles. The fourth-order valence-corrected chi connectivity index (χ4v) is 3.08. The zero-order valence-electron chi connectivity index (χ0n) is 14.4. The van der Waals surface area contributed by atoms with Gasteiger partial charge in [-0.05, 0) is 48.4 Å². The minimum Gasteiger partial charge on any atom is -0.391 e. The van der Waals surface area contributed by atoms with Crippen molar-refractivity contribution in [3.63, 3.8) is 0 Å². The Balaban J connectivity index is 1.53. The van der Waals surface area contributed by atoms with Crippen molar-refractivity contribution in [1.29, 1.82) is 0 Å². The van der Waals surface area contributed by atoms with Crippen molar-refractivity contribution >= 4 is 16.8 Å². The highest BCUT2D eigenvalue weighted by molar-refractivity contribution is 5.83. The van der Waals surface area contributed by atoms with Crippen LogP contribution in [0.3, 0.4) is 0 Å². The maximum absolute atomic E-state index is 12.2. The van der Waals surface area contributed by atoms with Crippen LogP contribution in [0.5, 0.6) is 0 Å². The normalized spacial score (nSPS) is 16.6. The maximum atomic E-state index is 12.2. The number of carbonyl (C=O) groups excluding carboxylic acids is 1. The van der Waals surface area contributed by atoms with Gasteiger partial charge in [-0.15, -0.1) is 0 Å². The number of amides is 2. The summed E-state index contributed by atoms with van der Waals surface area (Å²) in [6.07, 6.45) is 2.55. The lowest BCUT2D eigenvalue weighted by Gasteiger charge is -2.23. The molecule has 0 saturated heterocycles. The fraction of sp³-hybridized carbons (Fsp3) is 0.450. The van der Waals surface area contributed by atoms with Crippen molar-refractivity contribution in [2.24, 2.45) is 5.92 Å². The molecule has 128 valence electrons. The quantitative estimate of drug-likeness (QED) is 0.856. The number of carbonyl (C=O) groups is 1. The molecule has 2 amide bonds. The van der Waals surface area contributed by atoms with Crippen molar-refractivity contribution in [3.8, 4) is 0 Å². The number of rotatable bonds is 6. The van der Waals surface area contributed by atoms with Crippen molar-refractivity contribution in [3.05, 3.63) is 48.0 Å². The minimum absolute atomic E-state index is 0.0409. The zero-order chi connectivity index (χ0) is 17.1. The first-order valence-corrected chi connectivity index (χ1v) is 8.70. The third-order valence-corrected chi connectivity index (χ3v) is 4.70. The molecule has 1 saturated carbocycles. The smallest absolute Gasteiger partial charge is 0.317 e. The Bertz CT molecular complexity index is 712. The van der Waals surface area contributed by atoms with E-state index in [2.05, 4.69) is 35.6 Å².